The lowest BCUT2D eigenvalue weighted by atomic mass is 9.98. The standard InChI is InChI=1S/C22H11ClO/c23-18-10-4-9-16-21-15-8-3-7-14-12-5-1-2-6-13(12)17(20(14)15)11-19(21)24-22(16)18/h1-11H. The zero-order valence-corrected chi connectivity index (χ0v) is 13.4. The van der Waals surface area contributed by atoms with Crippen LogP contribution in [0.1, 0.15) is 0 Å². The van der Waals surface area contributed by atoms with E-state index in [4.69, 9.17) is 16.0 Å². The molecule has 0 amide bonds. The topological polar surface area (TPSA) is 13.1 Å². The Labute approximate surface area is 143 Å². The number of fused-ring (bicyclic) bond motifs is 7. The molecule has 24 heavy (non-hydrogen) atoms. The van der Waals surface area contributed by atoms with Gasteiger partial charge in [0.25, 0.3) is 0 Å². The summed E-state index contributed by atoms with van der Waals surface area (Å²) >= 11 is 6.35. The average molecular weight is 327 g/mol. The minimum absolute atomic E-state index is 0.659. The molecule has 1 heterocycles. The van der Waals surface area contributed by atoms with E-state index >= 15 is 0 Å². The summed E-state index contributed by atoms with van der Waals surface area (Å²) in [6, 6.07) is 23.2. The van der Waals surface area contributed by atoms with Crippen LogP contribution in [0.3, 0.4) is 0 Å². The van der Waals surface area contributed by atoms with Crippen molar-refractivity contribution in [3.05, 3.63) is 71.8 Å². The highest BCUT2D eigenvalue weighted by molar-refractivity contribution is 6.37. The summed E-state index contributed by atoms with van der Waals surface area (Å²) in [6.45, 7) is 0. The lowest BCUT2D eigenvalue weighted by molar-refractivity contribution is 0.669. The number of furan rings is 1. The van der Waals surface area contributed by atoms with Crippen molar-refractivity contribution in [1.82, 2.24) is 0 Å². The Kier molecular flexibility index (Phi) is 2.21. The van der Waals surface area contributed by atoms with E-state index in [-0.39, 0.29) is 0 Å². The second kappa shape index (κ2) is 4.19. The molecule has 2 heteroatoms. The van der Waals surface area contributed by atoms with Gasteiger partial charge in [0.2, 0.25) is 0 Å². The number of hydrogen-bond acceptors (Lipinski definition) is 1. The molecule has 0 bridgehead atoms. The van der Waals surface area contributed by atoms with E-state index in [0.29, 0.717) is 5.02 Å². The van der Waals surface area contributed by atoms with Crippen LogP contribution in [0.4, 0.5) is 0 Å². The van der Waals surface area contributed by atoms with Crippen LogP contribution in [0.5, 0.6) is 0 Å². The summed E-state index contributed by atoms with van der Waals surface area (Å²) in [7, 11) is 0. The van der Waals surface area contributed by atoms with E-state index in [1.54, 1.807) is 0 Å². The van der Waals surface area contributed by atoms with Crippen LogP contribution < -0.4 is 0 Å². The first-order valence-corrected chi connectivity index (χ1v) is 8.37. The van der Waals surface area contributed by atoms with Gasteiger partial charge in [0.05, 0.1) is 5.02 Å². The Balaban J connectivity index is 1.93. The number of rotatable bonds is 0. The molecule has 0 N–H and O–H groups in total. The summed E-state index contributed by atoms with van der Waals surface area (Å²) in [5.74, 6) is 0. The van der Waals surface area contributed by atoms with Crippen molar-refractivity contribution in [3.8, 4) is 22.3 Å². The van der Waals surface area contributed by atoms with Gasteiger partial charge in [-0.2, -0.15) is 0 Å². The van der Waals surface area contributed by atoms with Gasteiger partial charge in [-0.15, -0.1) is 0 Å². The number of benzene rings is 4. The molecule has 1 nitrogen and oxygen atoms in total. The molecule has 1 aromatic heterocycles. The molecule has 6 rings (SSSR count). The van der Waals surface area contributed by atoms with Crippen LogP contribution in [-0.4, -0.2) is 0 Å². The highest BCUT2D eigenvalue weighted by atomic mass is 35.5. The molecular formula is C22H11ClO. The van der Waals surface area contributed by atoms with Gasteiger partial charge in [0.15, 0.2) is 5.58 Å². The summed E-state index contributed by atoms with van der Waals surface area (Å²) in [6.07, 6.45) is 0. The van der Waals surface area contributed by atoms with Crippen LogP contribution in [0, 0.1) is 0 Å². The zero-order valence-electron chi connectivity index (χ0n) is 12.6. The summed E-state index contributed by atoms with van der Waals surface area (Å²) in [4.78, 5) is 0. The maximum absolute atomic E-state index is 6.35. The molecule has 0 saturated heterocycles. The van der Waals surface area contributed by atoms with Crippen LogP contribution in [-0.2, 0) is 0 Å². The van der Waals surface area contributed by atoms with Crippen molar-refractivity contribution in [2.24, 2.45) is 0 Å². The third-order valence-corrected chi connectivity index (χ3v) is 5.38. The van der Waals surface area contributed by atoms with E-state index < -0.39 is 0 Å². The molecule has 5 aromatic rings. The minimum Gasteiger partial charge on any atom is -0.454 e. The molecule has 1 aliphatic carbocycles. The molecule has 0 unspecified atom stereocenters. The first-order valence-electron chi connectivity index (χ1n) is 7.99. The number of halogens is 1. The van der Waals surface area contributed by atoms with Gasteiger partial charge in [-0.25, -0.2) is 0 Å². The van der Waals surface area contributed by atoms with Crippen molar-refractivity contribution in [3.63, 3.8) is 0 Å². The third kappa shape index (κ3) is 1.37. The summed E-state index contributed by atoms with van der Waals surface area (Å²) in [5, 5.41) is 5.44. The lowest BCUT2D eigenvalue weighted by Gasteiger charge is -2.03. The minimum atomic E-state index is 0.659. The van der Waals surface area contributed by atoms with Crippen LogP contribution in [0.15, 0.2) is 71.1 Å². The number of hydrogen-bond donors (Lipinski definition) is 0. The van der Waals surface area contributed by atoms with E-state index in [1.807, 2.05) is 12.1 Å². The molecule has 1 aliphatic rings. The van der Waals surface area contributed by atoms with Gasteiger partial charge in [-0.1, -0.05) is 66.2 Å². The smallest absolute Gasteiger partial charge is 0.154 e. The molecule has 0 saturated carbocycles. The molecule has 0 radical (unpaired) electrons. The fourth-order valence-electron chi connectivity index (χ4n) is 4.13. The second-order valence-electron chi connectivity index (χ2n) is 6.29. The first kappa shape index (κ1) is 12.6. The van der Waals surface area contributed by atoms with Gasteiger partial charge in [-0.3, -0.25) is 0 Å². The normalized spacial score (nSPS) is 12.4. The van der Waals surface area contributed by atoms with Crippen molar-refractivity contribution in [1.29, 1.82) is 0 Å². The van der Waals surface area contributed by atoms with Crippen LogP contribution >= 0.6 is 11.6 Å². The van der Waals surface area contributed by atoms with Crippen molar-refractivity contribution >= 4 is 44.3 Å². The van der Waals surface area contributed by atoms with Gasteiger partial charge >= 0.3 is 0 Å². The predicted octanol–water partition coefficient (Wildman–Crippen LogP) is 7.04. The highest BCUT2D eigenvalue weighted by Gasteiger charge is 2.24. The summed E-state index contributed by atoms with van der Waals surface area (Å²) < 4.78 is 6.14. The Morgan fingerprint density at radius 3 is 2.21 bits per heavy atom. The molecule has 0 spiro atoms. The monoisotopic (exact) mass is 326 g/mol. The average Bonchev–Trinajstić information content (AvgIpc) is 3.15. The quantitative estimate of drug-likeness (QED) is 0.292. The van der Waals surface area contributed by atoms with E-state index in [1.165, 1.54) is 33.0 Å². The molecule has 4 aromatic carbocycles. The Morgan fingerprint density at radius 2 is 1.33 bits per heavy atom. The third-order valence-electron chi connectivity index (χ3n) is 5.08. The predicted molar refractivity (Wildman–Crippen MR) is 101 cm³/mol. The molecule has 0 atom stereocenters. The van der Waals surface area contributed by atoms with Crippen molar-refractivity contribution in [2.75, 3.05) is 0 Å². The zero-order chi connectivity index (χ0) is 15.8. The summed E-state index contributed by atoms with van der Waals surface area (Å²) in [5.41, 5.74) is 6.79. The Bertz CT molecular complexity index is 1310. The van der Waals surface area contributed by atoms with Gasteiger partial charge < -0.3 is 4.42 Å². The first-order chi connectivity index (χ1) is 11.8. The number of para-hydroxylation sites is 1. The lowest BCUT2D eigenvalue weighted by Crippen LogP contribution is -1.78. The van der Waals surface area contributed by atoms with Crippen molar-refractivity contribution in [2.45, 2.75) is 0 Å². The van der Waals surface area contributed by atoms with Gasteiger partial charge in [0.1, 0.15) is 5.58 Å². The SMILES string of the molecule is Clc1cccc2c1oc1cc3c4c(cccc4c12)-c1ccccc1-3. The van der Waals surface area contributed by atoms with Crippen LogP contribution in [0.25, 0.3) is 55.0 Å². The molecule has 0 fully saturated rings. The van der Waals surface area contributed by atoms with Crippen molar-refractivity contribution < 1.29 is 4.42 Å². The fourth-order valence-corrected chi connectivity index (χ4v) is 4.34. The maximum atomic E-state index is 6.35. The van der Waals surface area contributed by atoms with E-state index in [0.717, 1.165) is 21.9 Å². The molecule has 112 valence electrons. The molecule has 0 aliphatic heterocycles. The van der Waals surface area contributed by atoms with Gasteiger partial charge in [0, 0.05) is 10.8 Å². The van der Waals surface area contributed by atoms with Gasteiger partial charge in [-0.05, 0) is 45.2 Å². The second-order valence-corrected chi connectivity index (χ2v) is 6.70. The van der Waals surface area contributed by atoms with E-state index in [2.05, 4.69) is 54.6 Å². The highest BCUT2D eigenvalue weighted by Crippen LogP contribution is 2.50. The Morgan fingerprint density at radius 1 is 0.625 bits per heavy atom. The maximum Gasteiger partial charge on any atom is 0.154 e. The largest absolute Gasteiger partial charge is 0.454 e. The fraction of sp³-hybridized carbons (Fsp3) is 0. The molecular weight excluding hydrogens is 316 g/mol. The Hall–Kier alpha value is -2.77. The van der Waals surface area contributed by atoms with Crippen LogP contribution in [0.2, 0.25) is 5.02 Å². The van der Waals surface area contributed by atoms with E-state index in [9.17, 15) is 0 Å².